The summed E-state index contributed by atoms with van der Waals surface area (Å²) in [7, 11) is 8.10. The molecule has 0 aliphatic heterocycles. The molecule has 21 heavy (non-hydrogen) atoms. The van der Waals surface area contributed by atoms with Gasteiger partial charge in [-0.3, -0.25) is 0 Å². The van der Waals surface area contributed by atoms with Crippen molar-refractivity contribution in [3.8, 4) is 0 Å². The Bertz CT molecular complexity index is 812. The van der Waals surface area contributed by atoms with Crippen LogP contribution in [0.25, 0.3) is 19.3 Å². The number of benzene rings is 2. The summed E-state index contributed by atoms with van der Waals surface area (Å²) < 4.78 is 2.37. The summed E-state index contributed by atoms with van der Waals surface area (Å²) in [6, 6.07) is 12.3. The average Bonchev–Trinajstić information content (AvgIpc) is 2.46. The van der Waals surface area contributed by atoms with E-state index in [0.29, 0.717) is 0 Å². The standard InChI is InChI=1S/C17H18N2OSe/c1-18(2)11-5-7-13-15(9-11)21-16-10-12(19(3)4)6-8-14(16)17(13)20/h5-10H,1-4H3. The molecular weight excluding hydrogens is 327 g/mol. The third-order valence-electron chi connectivity index (χ3n) is 3.67. The molecule has 3 nitrogen and oxygen atoms in total. The molecule has 0 spiro atoms. The van der Waals surface area contributed by atoms with Crippen molar-refractivity contribution >= 4 is 45.2 Å². The monoisotopic (exact) mass is 346 g/mol. The van der Waals surface area contributed by atoms with Crippen LogP contribution < -0.4 is 15.2 Å². The van der Waals surface area contributed by atoms with Gasteiger partial charge in [0.2, 0.25) is 0 Å². The van der Waals surface area contributed by atoms with Gasteiger partial charge in [0.15, 0.2) is 0 Å². The van der Waals surface area contributed by atoms with Gasteiger partial charge in [0.05, 0.1) is 0 Å². The molecule has 0 amide bonds. The van der Waals surface area contributed by atoms with Crippen LogP contribution in [0.15, 0.2) is 41.2 Å². The SMILES string of the molecule is CN(C)c1ccc2c(=O)c3ccc(N(C)C)cc3[se]c2c1. The Hall–Kier alpha value is -1.77. The Morgan fingerprint density at radius 1 is 0.762 bits per heavy atom. The first-order valence-corrected chi connectivity index (χ1v) is 8.54. The van der Waals surface area contributed by atoms with Gasteiger partial charge in [-0.2, -0.15) is 0 Å². The second kappa shape index (κ2) is 5.21. The van der Waals surface area contributed by atoms with E-state index in [9.17, 15) is 4.79 Å². The normalized spacial score (nSPS) is 11.0. The maximum atomic E-state index is 12.7. The van der Waals surface area contributed by atoms with Crippen molar-refractivity contribution < 1.29 is 0 Å². The molecule has 1 aromatic heterocycles. The van der Waals surface area contributed by atoms with Gasteiger partial charge < -0.3 is 0 Å². The molecule has 4 heteroatoms. The summed E-state index contributed by atoms with van der Waals surface area (Å²) in [4.78, 5) is 16.8. The van der Waals surface area contributed by atoms with Gasteiger partial charge in [-0.25, -0.2) is 0 Å². The predicted molar refractivity (Wildman–Crippen MR) is 93.3 cm³/mol. The summed E-state index contributed by atoms with van der Waals surface area (Å²) in [5.41, 5.74) is 2.45. The zero-order valence-corrected chi connectivity index (χ0v) is 14.4. The van der Waals surface area contributed by atoms with Crippen LogP contribution in [0.2, 0.25) is 0 Å². The van der Waals surface area contributed by atoms with Crippen LogP contribution in [-0.2, 0) is 0 Å². The van der Waals surface area contributed by atoms with E-state index in [1.54, 1.807) is 0 Å². The van der Waals surface area contributed by atoms with Crippen LogP contribution in [0, 0.1) is 0 Å². The molecule has 3 aromatic rings. The molecule has 108 valence electrons. The van der Waals surface area contributed by atoms with E-state index >= 15 is 0 Å². The van der Waals surface area contributed by atoms with E-state index in [4.69, 9.17) is 0 Å². The third kappa shape index (κ3) is 2.45. The Balaban J connectivity index is 2.35. The average molecular weight is 345 g/mol. The number of rotatable bonds is 2. The summed E-state index contributed by atoms with van der Waals surface area (Å²) in [6.45, 7) is 0. The molecule has 0 aliphatic carbocycles. The Morgan fingerprint density at radius 2 is 1.19 bits per heavy atom. The molecule has 0 saturated carbocycles. The van der Waals surface area contributed by atoms with Crippen molar-refractivity contribution in [1.82, 2.24) is 0 Å². The van der Waals surface area contributed by atoms with E-state index in [1.807, 2.05) is 52.5 Å². The molecule has 0 saturated heterocycles. The predicted octanol–water partition coefficient (Wildman–Crippen LogP) is 2.54. The number of nitrogens with zero attached hydrogens (tertiary/aromatic N) is 2. The third-order valence-corrected chi connectivity index (χ3v) is 6.01. The van der Waals surface area contributed by atoms with E-state index < -0.39 is 0 Å². The van der Waals surface area contributed by atoms with Gasteiger partial charge in [0.25, 0.3) is 0 Å². The fraction of sp³-hybridized carbons (Fsp3) is 0.235. The summed E-state index contributed by atoms with van der Waals surface area (Å²) in [6.07, 6.45) is 0. The van der Waals surface area contributed by atoms with Gasteiger partial charge in [0.1, 0.15) is 0 Å². The Labute approximate surface area is 130 Å². The molecule has 0 N–H and O–H groups in total. The van der Waals surface area contributed by atoms with Crippen molar-refractivity contribution in [2.45, 2.75) is 0 Å². The van der Waals surface area contributed by atoms with Crippen molar-refractivity contribution in [1.29, 1.82) is 0 Å². The molecule has 0 bridgehead atoms. The van der Waals surface area contributed by atoms with Crippen LogP contribution in [0.1, 0.15) is 0 Å². The van der Waals surface area contributed by atoms with Crippen molar-refractivity contribution in [3.63, 3.8) is 0 Å². The number of hydrogen-bond donors (Lipinski definition) is 0. The minimum absolute atomic E-state index is 0.156. The summed E-state index contributed by atoms with van der Waals surface area (Å²) in [5, 5.41) is 1.73. The van der Waals surface area contributed by atoms with Gasteiger partial charge >= 0.3 is 130 Å². The molecule has 0 aliphatic rings. The van der Waals surface area contributed by atoms with Crippen molar-refractivity contribution in [2.24, 2.45) is 0 Å². The van der Waals surface area contributed by atoms with Gasteiger partial charge in [-0.15, -0.1) is 0 Å². The molecule has 0 atom stereocenters. The minimum atomic E-state index is 0.156. The van der Waals surface area contributed by atoms with Crippen LogP contribution in [0.4, 0.5) is 11.4 Å². The number of anilines is 2. The second-order valence-corrected chi connectivity index (χ2v) is 7.85. The maximum absolute atomic E-state index is 12.7. The second-order valence-electron chi connectivity index (χ2n) is 5.58. The van der Waals surface area contributed by atoms with E-state index in [-0.39, 0.29) is 19.9 Å². The number of hydrogen-bond acceptors (Lipinski definition) is 3. The van der Waals surface area contributed by atoms with Crippen LogP contribution in [0.5, 0.6) is 0 Å². The topological polar surface area (TPSA) is 23.6 Å². The summed E-state index contributed by atoms with van der Waals surface area (Å²) >= 11 is 0.177. The first kappa shape index (κ1) is 14.2. The molecule has 0 radical (unpaired) electrons. The van der Waals surface area contributed by atoms with Crippen molar-refractivity contribution in [2.75, 3.05) is 38.0 Å². The van der Waals surface area contributed by atoms with Gasteiger partial charge in [0, 0.05) is 0 Å². The summed E-state index contributed by atoms with van der Waals surface area (Å²) in [5.74, 6) is 0. The van der Waals surface area contributed by atoms with E-state index in [1.165, 1.54) is 8.52 Å². The fourth-order valence-electron chi connectivity index (χ4n) is 2.39. The van der Waals surface area contributed by atoms with Crippen LogP contribution >= 0.6 is 0 Å². The Morgan fingerprint density at radius 3 is 1.57 bits per heavy atom. The zero-order valence-electron chi connectivity index (χ0n) is 12.7. The molecule has 2 aromatic carbocycles. The molecule has 3 rings (SSSR count). The molecular formula is C17H18N2OSe. The molecule has 0 fully saturated rings. The molecule has 0 unspecified atom stereocenters. The van der Waals surface area contributed by atoms with E-state index in [2.05, 4.69) is 21.9 Å². The quantitative estimate of drug-likeness (QED) is 0.527. The van der Waals surface area contributed by atoms with Crippen molar-refractivity contribution in [3.05, 3.63) is 46.6 Å². The first-order valence-electron chi connectivity index (χ1n) is 6.82. The van der Waals surface area contributed by atoms with Gasteiger partial charge in [-0.05, 0) is 0 Å². The fourth-order valence-corrected chi connectivity index (χ4v) is 4.77. The van der Waals surface area contributed by atoms with Gasteiger partial charge in [-0.1, -0.05) is 0 Å². The molecule has 1 heterocycles. The van der Waals surface area contributed by atoms with E-state index in [0.717, 1.165) is 22.1 Å². The van der Waals surface area contributed by atoms with Crippen LogP contribution in [0.3, 0.4) is 0 Å². The zero-order chi connectivity index (χ0) is 15.1. The first-order chi connectivity index (χ1) is 9.97. The van der Waals surface area contributed by atoms with Crippen LogP contribution in [-0.4, -0.2) is 42.7 Å². The Kier molecular flexibility index (Phi) is 3.52. The number of fused-ring (bicyclic) bond motifs is 2.